The first-order valence-electron chi connectivity index (χ1n) is 6.11. The lowest BCUT2D eigenvalue weighted by Crippen LogP contribution is -2.23. The van der Waals surface area contributed by atoms with Gasteiger partial charge in [-0.2, -0.15) is 0 Å². The summed E-state index contributed by atoms with van der Waals surface area (Å²) in [5, 5.41) is 3.20. The molecule has 2 nitrogen and oxygen atoms in total. The minimum absolute atomic E-state index is 0.873. The number of nitrogens with zero attached hydrogens (tertiary/aromatic N) is 1. The Morgan fingerprint density at radius 2 is 2.14 bits per heavy atom. The zero-order chi connectivity index (χ0) is 10.4. The van der Waals surface area contributed by atoms with Crippen LogP contribution in [0.1, 0.15) is 33.1 Å². The van der Waals surface area contributed by atoms with Crippen molar-refractivity contribution in [2.24, 2.45) is 11.8 Å². The summed E-state index contributed by atoms with van der Waals surface area (Å²) in [6, 6.07) is 0. The van der Waals surface area contributed by atoms with Crippen LogP contribution in [0.5, 0.6) is 0 Å². The highest BCUT2D eigenvalue weighted by Gasteiger charge is 2.23. The van der Waals surface area contributed by atoms with Crippen LogP contribution in [-0.4, -0.2) is 38.1 Å². The second-order valence-corrected chi connectivity index (χ2v) is 4.90. The molecule has 0 saturated carbocycles. The highest BCUT2D eigenvalue weighted by atomic mass is 15.1. The van der Waals surface area contributed by atoms with Gasteiger partial charge in [0.25, 0.3) is 0 Å². The number of nitrogens with one attached hydrogen (secondary N) is 1. The Morgan fingerprint density at radius 1 is 1.36 bits per heavy atom. The number of hydrogen-bond acceptors (Lipinski definition) is 2. The van der Waals surface area contributed by atoms with E-state index in [4.69, 9.17) is 0 Å². The molecule has 1 aliphatic rings. The molecule has 0 spiro atoms. The van der Waals surface area contributed by atoms with Crippen LogP contribution < -0.4 is 5.32 Å². The van der Waals surface area contributed by atoms with Crippen LogP contribution in [-0.2, 0) is 0 Å². The highest BCUT2D eigenvalue weighted by molar-refractivity contribution is 4.77. The van der Waals surface area contributed by atoms with Gasteiger partial charge in [-0.1, -0.05) is 13.8 Å². The van der Waals surface area contributed by atoms with Crippen LogP contribution in [0.25, 0.3) is 0 Å². The second-order valence-electron chi connectivity index (χ2n) is 4.90. The molecular formula is C12H26N2. The SMILES string of the molecule is CNCCCCN1CCC(C(C)C)C1. The van der Waals surface area contributed by atoms with Gasteiger partial charge in [-0.3, -0.25) is 0 Å². The van der Waals surface area contributed by atoms with E-state index in [1.165, 1.54) is 45.4 Å². The molecule has 0 aromatic rings. The van der Waals surface area contributed by atoms with Crippen LogP contribution >= 0.6 is 0 Å². The maximum atomic E-state index is 3.20. The molecule has 1 heterocycles. The molecule has 1 saturated heterocycles. The lowest BCUT2D eigenvalue weighted by Gasteiger charge is -2.17. The van der Waals surface area contributed by atoms with Crippen LogP contribution in [0.3, 0.4) is 0 Å². The van der Waals surface area contributed by atoms with Gasteiger partial charge in [0.15, 0.2) is 0 Å². The first-order chi connectivity index (χ1) is 6.74. The summed E-state index contributed by atoms with van der Waals surface area (Å²) in [4.78, 5) is 2.64. The van der Waals surface area contributed by atoms with Gasteiger partial charge < -0.3 is 10.2 Å². The van der Waals surface area contributed by atoms with Crippen LogP contribution in [0, 0.1) is 11.8 Å². The van der Waals surface area contributed by atoms with E-state index >= 15 is 0 Å². The largest absolute Gasteiger partial charge is 0.320 e. The molecule has 2 heteroatoms. The van der Waals surface area contributed by atoms with Gasteiger partial charge in [0.05, 0.1) is 0 Å². The van der Waals surface area contributed by atoms with E-state index in [-0.39, 0.29) is 0 Å². The molecule has 1 fully saturated rings. The number of hydrogen-bond donors (Lipinski definition) is 1. The van der Waals surface area contributed by atoms with Gasteiger partial charge in [-0.05, 0) is 57.8 Å². The summed E-state index contributed by atoms with van der Waals surface area (Å²) in [5.41, 5.74) is 0. The van der Waals surface area contributed by atoms with Crippen molar-refractivity contribution in [1.82, 2.24) is 10.2 Å². The molecular weight excluding hydrogens is 172 g/mol. The molecule has 1 N–H and O–H groups in total. The zero-order valence-electron chi connectivity index (χ0n) is 10.1. The topological polar surface area (TPSA) is 15.3 Å². The molecule has 1 rings (SSSR count). The smallest absolute Gasteiger partial charge is 0.00126 e. The number of rotatable bonds is 6. The van der Waals surface area contributed by atoms with Crippen LogP contribution in [0.2, 0.25) is 0 Å². The summed E-state index contributed by atoms with van der Waals surface area (Å²) >= 11 is 0. The van der Waals surface area contributed by atoms with E-state index in [2.05, 4.69) is 24.1 Å². The molecule has 0 aromatic carbocycles. The van der Waals surface area contributed by atoms with Crippen molar-refractivity contribution in [1.29, 1.82) is 0 Å². The minimum Gasteiger partial charge on any atom is -0.320 e. The van der Waals surface area contributed by atoms with E-state index in [1.807, 2.05) is 7.05 Å². The molecule has 0 aromatic heterocycles. The molecule has 1 aliphatic heterocycles. The fourth-order valence-corrected chi connectivity index (χ4v) is 2.25. The van der Waals surface area contributed by atoms with E-state index in [0.29, 0.717) is 0 Å². The quantitative estimate of drug-likeness (QED) is 0.656. The maximum Gasteiger partial charge on any atom is 0.00126 e. The van der Waals surface area contributed by atoms with Gasteiger partial charge in [-0.25, -0.2) is 0 Å². The minimum atomic E-state index is 0.873. The standard InChI is InChI=1S/C12H26N2/c1-11(2)12-6-9-14(10-12)8-5-4-7-13-3/h11-13H,4-10H2,1-3H3. The Kier molecular flexibility index (Phi) is 5.49. The Labute approximate surface area is 89.1 Å². The van der Waals surface area contributed by atoms with Gasteiger partial charge in [0.1, 0.15) is 0 Å². The maximum absolute atomic E-state index is 3.20. The Morgan fingerprint density at radius 3 is 2.71 bits per heavy atom. The third-order valence-corrected chi connectivity index (χ3v) is 3.40. The summed E-state index contributed by atoms with van der Waals surface area (Å²) in [5.74, 6) is 1.83. The Bertz CT molecular complexity index is 145. The molecule has 0 radical (unpaired) electrons. The molecule has 0 amide bonds. The summed E-state index contributed by atoms with van der Waals surface area (Å²) in [7, 11) is 2.03. The van der Waals surface area contributed by atoms with Crippen LogP contribution in [0.4, 0.5) is 0 Å². The third-order valence-electron chi connectivity index (χ3n) is 3.40. The predicted octanol–water partition coefficient (Wildman–Crippen LogP) is 1.96. The van der Waals surface area contributed by atoms with E-state index in [9.17, 15) is 0 Å². The fourth-order valence-electron chi connectivity index (χ4n) is 2.25. The monoisotopic (exact) mass is 198 g/mol. The van der Waals surface area contributed by atoms with Crippen molar-refractivity contribution in [3.8, 4) is 0 Å². The van der Waals surface area contributed by atoms with Crippen molar-refractivity contribution < 1.29 is 0 Å². The number of unbranched alkanes of at least 4 members (excludes halogenated alkanes) is 1. The average molecular weight is 198 g/mol. The summed E-state index contributed by atoms with van der Waals surface area (Å²) < 4.78 is 0. The van der Waals surface area contributed by atoms with Gasteiger partial charge in [0.2, 0.25) is 0 Å². The lowest BCUT2D eigenvalue weighted by atomic mass is 9.95. The normalized spacial score (nSPS) is 23.6. The molecule has 0 aliphatic carbocycles. The van der Waals surface area contributed by atoms with Crippen molar-refractivity contribution in [3.05, 3.63) is 0 Å². The summed E-state index contributed by atoms with van der Waals surface area (Å²) in [6.45, 7) is 9.87. The molecule has 1 atom stereocenters. The first kappa shape index (κ1) is 12.0. The second kappa shape index (κ2) is 6.41. The van der Waals surface area contributed by atoms with Crippen molar-refractivity contribution >= 4 is 0 Å². The molecule has 0 bridgehead atoms. The predicted molar refractivity (Wildman–Crippen MR) is 62.5 cm³/mol. The highest BCUT2D eigenvalue weighted by Crippen LogP contribution is 2.23. The molecule has 14 heavy (non-hydrogen) atoms. The first-order valence-corrected chi connectivity index (χ1v) is 6.11. The Hall–Kier alpha value is -0.0800. The number of likely N-dealkylation sites (tertiary alicyclic amines) is 1. The lowest BCUT2D eigenvalue weighted by molar-refractivity contribution is 0.297. The Balaban J connectivity index is 2.04. The summed E-state index contributed by atoms with van der Waals surface area (Å²) in [6.07, 6.45) is 4.09. The molecule has 1 unspecified atom stereocenters. The van der Waals surface area contributed by atoms with Gasteiger partial charge in [0, 0.05) is 6.54 Å². The van der Waals surface area contributed by atoms with Crippen LogP contribution in [0.15, 0.2) is 0 Å². The van der Waals surface area contributed by atoms with E-state index < -0.39 is 0 Å². The van der Waals surface area contributed by atoms with Gasteiger partial charge in [-0.15, -0.1) is 0 Å². The van der Waals surface area contributed by atoms with E-state index in [0.717, 1.165) is 11.8 Å². The zero-order valence-corrected chi connectivity index (χ0v) is 10.1. The third kappa shape index (κ3) is 3.97. The van der Waals surface area contributed by atoms with E-state index in [1.54, 1.807) is 0 Å². The van der Waals surface area contributed by atoms with Crippen molar-refractivity contribution in [2.45, 2.75) is 33.1 Å². The van der Waals surface area contributed by atoms with Gasteiger partial charge >= 0.3 is 0 Å². The fraction of sp³-hybridized carbons (Fsp3) is 1.00. The molecule has 84 valence electrons. The average Bonchev–Trinajstić information content (AvgIpc) is 2.61. The van der Waals surface area contributed by atoms with Crippen molar-refractivity contribution in [3.63, 3.8) is 0 Å². The van der Waals surface area contributed by atoms with Crippen molar-refractivity contribution in [2.75, 3.05) is 33.2 Å².